The van der Waals surface area contributed by atoms with Gasteiger partial charge in [-0.1, -0.05) is 6.08 Å². The van der Waals surface area contributed by atoms with Crippen molar-refractivity contribution in [3.63, 3.8) is 0 Å². The fourth-order valence-corrected chi connectivity index (χ4v) is 0.302. The summed E-state index contributed by atoms with van der Waals surface area (Å²) >= 11 is -1.75. The molecule has 0 heterocycles. The predicted octanol–water partition coefficient (Wildman–Crippen LogP) is 1.13. The maximum Gasteiger partial charge on any atom is 0.181 e. The number of hydrogen-bond donors (Lipinski definition) is 1. The first-order chi connectivity index (χ1) is 3.18. The average molecular weight is 120 g/mol. The van der Waals surface area contributed by atoms with Gasteiger partial charge in [0.1, 0.15) is 0 Å². The molecule has 7 heavy (non-hydrogen) atoms. The van der Waals surface area contributed by atoms with Crippen LogP contribution in [0.15, 0.2) is 11.0 Å². The Hall–Kier alpha value is -0.150. The van der Waals surface area contributed by atoms with Crippen LogP contribution in [0, 0.1) is 0 Å². The van der Waals surface area contributed by atoms with Crippen LogP contribution in [0.5, 0.6) is 0 Å². The van der Waals surface area contributed by atoms with E-state index in [9.17, 15) is 4.21 Å². The second-order valence-corrected chi connectivity index (χ2v) is 2.29. The molecule has 1 atom stereocenters. The van der Waals surface area contributed by atoms with Crippen LogP contribution in [0.4, 0.5) is 0 Å². The van der Waals surface area contributed by atoms with Crippen molar-refractivity contribution < 1.29 is 8.76 Å². The van der Waals surface area contributed by atoms with Gasteiger partial charge in [-0.25, -0.2) is 4.21 Å². The molecule has 0 bridgehead atoms. The smallest absolute Gasteiger partial charge is 0.181 e. The maximum atomic E-state index is 9.97. The summed E-state index contributed by atoms with van der Waals surface area (Å²) in [6.45, 7) is 3.33. The Morgan fingerprint density at radius 1 is 1.86 bits per heavy atom. The summed E-state index contributed by atoms with van der Waals surface area (Å²) in [5.41, 5.74) is 0. The number of allylic oxidation sites excluding steroid dienone is 2. The predicted molar refractivity (Wildman–Crippen MR) is 30.2 cm³/mol. The molecule has 0 rings (SSSR count). The van der Waals surface area contributed by atoms with E-state index in [1.807, 2.05) is 0 Å². The topological polar surface area (TPSA) is 37.3 Å². The van der Waals surface area contributed by atoms with Gasteiger partial charge in [-0.2, -0.15) is 0 Å². The summed E-state index contributed by atoms with van der Waals surface area (Å²) in [4.78, 5) is 0.500. The second kappa shape index (κ2) is 2.93. The zero-order valence-corrected chi connectivity index (χ0v) is 5.16. The molecule has 0 amide bonds. The third-order valence-corrected chi connectivity index (χ3v) is 1.47. The molecule has 0 aliphatic carbocycles. The van der Waals surface area contributed by atoms with Gasteiger partial charge in [0.15, 0.2) is 11.1 Å². The highest BCUT2D eigenvalue weighted by Crippen LogP contribution is 1.93. The third kappa shape index (κ3) is 2.53. The Bertz CT molecular complexity index is 106. The summed E-state index contributed by atoms with van der Waals surface area (Å²) in [6.07, 6.45) is 1.61. The van der Waals surface area contributed by atoms with Crippen LogP contribution in [0.1, 0.15) is 13.8 Å². The van der Waals surface area contributed by atoms with Gasteiger partial charge >= 0.3 is 0 Å². The van der Waals surface area contributed by atoms with Crippen molar-refractivity contribution in [2.45, 2.75) is 13.8 Å². The minimum absolute atomic E-state index is 0.500. The second-order valence-electron chi connectivity index (χ2n) is 1.15. The monoisotopic (exact) mass is 120 g/mol. The van der Waals surface area contributed by atoms with E-state index in [4.69, 9.17) is 4.55 Å². The lowest BCUT2D eigenvalue weighted by Crippen LogP contribution is -1.84. The van der Waals surface area contributed by atoms with Crippen molar-refractivity contribution in [2.24, 2.45) is 0 Å². The van der Waals surface area contributed by atoms with Crippen molar-refractivity contribution in [1.82, 2.24) is 0 Å². The first-order valence-corrected chi connectivity index (χ1v) is 3.03. The lowest BCUT2D eigenvalue weighted by molar-refractivity contribution is 0.571. The Labute approximate surface area is 45.5 Å². The van der Waals surface area contributed by atoms with E-state index >= 15 is 0 Å². The number of rotatable bonds is 1. The fourth-order valence-electron chi connectivity index (χ4n) is 0.101. The van der Waals surface area contributed by atoms with Crippen LogP contribution in [-0.4, -0.2) is 8.76 Å². The van der Waals surface area contributed by atoms with Crippen LogP contribution in [0.25, 0.3) is 0 Å². The van der Waals surface area contributed by atoms with Crippen LogP contribution in [-0.2, 0) is 11.1 Å². The van der Waals surface area contributed by atoms with Gasteiger partial charge in [0.25, 0.3) is 0 Å². The molecule has 42 valence electrons. The molecule has 1 N–H and O–H groups in total. The Kier molecular flexibility index (Phi) is 2.87. The standard InChI is InChI=1S/C4H8O2S/c1-3-4(2)7(5)6/h3H,1-2H3,(H,5,6). The van der Waals surface area contributed by atoms with E-state index in [1.54, 1.807) is 19.9 Å². The molecule has 3 heteroatoms. The molecule has 0 saturated carbocycles. The van der Waals surface area contributed by atoms with E-state index in [0.717, 1.165) is 0 Å². The van der Waals surface area contributed by atoms with Gasteiger partial charge in [-0.05, 0) is 13.8 Å². The van der Waals surface area contributed by atoms with E-state index in [1.165, 1.54) is 0 Å². The Balaban J connectivity index is 3.82. The summed E-state index contributed by atoms with van der Waals surface area (Å²) in [5, 5.41) is 0. The Morgan fingerprint density at radius 2 is 2.29 bits per heavy atom. The van der Waals surface area contributed by atoms with Gasteiger partial charge in [0.05, 0.1) is 0 Å². The zero-order valence-electron chi connectivity index (χ0n) is 4.34. The summed E-state index contributed by atoms with van der Waals surface area (Å²) in [5.74, 6) is 0. The van der Waals surface area contributed by atoms with Crippen LogP contribution in [0.2, 0.25) is 0 Å². The third-order valence-electron chi connectivity index (χ3n) is 0.682. The molecular formula is C4H8O2S. The van der Waals surface area contributed by atoms with E-state index < -0.39 is 11.1 Å². The molecule has 0 saturated heterocycles. The van der Waals surface area contributed by atoms with Gasteiger partial charge in [-0.3, -0.25) is 0 Å². The van der Waals surface area contributed by atoms with Gasteiger partial charge in [0.2, 0.25) is 0 Å². The lowest BCUT2D eigenvalue weighted by Gasteiger charge is -1.85. The molecule has 2 nitrogen and oxygen atoms in total. The maximum absolute atomic E-state index is 9.97. The summed E-state index contributed by atoms with van der Waals surface area (Å²) in [6, 6.07) is 0. The largest absolute Gasteiger partial charge is 0.303 e. The van der Waals surface area contributed by atoms with Crippen LogP contribution in [0.3, 0.4) is 0 Å². The summed E-state index contributed by atoms with van der Waals surface area (Å²) in [7, 11) is 0. The van der Waals surface area contributed by atoms with E-state index in [2.05, 4.69) is 0 Å². The molecule has 0 aromatic heterocycles. The molecular weight excluding hydrogens is 112 g/mol. The normalized spacial score (nSPS) is 16.7. The van der Waals surface area contributed by atoms with Crippen molar-refractivity contribution >= 4 is 11.1 Å². The minimum Gasteiger partial charge on any atom is -0.303 e. The van der Waals surface area contributed by atoms with Crippen LogP contribution < -0.4 is 0 Å². The molecule has 0 radical (unpaired) electrons. The molecule has 0 fully saturated rings. The highest BCUT2D eigenvalue weighted by molar-refractivity contribution is 7.83. The molecule has 0 aromatic rings. The fraction of sp³-hybridized carbons (Fsp3) is 0.500. The Morgan fingerprint density at radius 3 is 2.29 bits per heavy atom. The van der Waals surface area contributed by atoms with E-state index in [0.29, 0.717) is 4.91 Å². The average Bonchev–Trinajstić information content (AvgIpc) is 1.65. The highest BCUT2D eigenvalue weighted by Gasteiger charge is 1.89. The SMILES string of the molecule is CC=C(C)S(=O)O. The van der Waals surface area contributed by atoms with Gasteiger partial charge < -0.3 is 4.55 Å². The first-order valence-electron chi connectivity index (χ1n) is 1.92. The zero-order chi connectivity index (χ0) is 5.86. The minimum atomic E-state index is -1.75. The van der Waals surface area contributed by atoms with Crippen molar-refractivity contribution in [3.05, 3.63) is 11.0 Å². The lowest BCUT2D eigenvalue weighted by atomic mass is 10.6. The summed E-state index contributed by atoms with van der Waals surface area (Å²) < 4.78 is 18.2. The number of hydrogen-bond acceptors (Lipinski definition) is 1. The molecule has 0 aromatic carbocycles. The van der Waals surface area contributed by atoms with Gasteiger partial charge in [0, 0.05) is 4.91 Å². The first kappa shape index (κ1) is 6.85. The molecule has 1 unspecified atom stereocenters. The highest BCUT2D eigenvalue weighted by atomic mass is 32.2. The molecule has 0 spiro atoms. The quantitative estimate of drug-likeness (QED) is 0.527. The van der Waals surface area contributed by atoms with E-state index in [-0.39, 0.29) is 0 Å². The van der Waals surface area contributed by atoms with Crippen LogP contribution >= 0.6 is 0 Å². The van der Waals surface area contributed by atoms with Crippen molar-refractivity contribution in [3.8, 4) is 0 Å². The van der Waals surface area contributed by atoms with Crippen molar-refractivity contribution in [1.29, 1.82) is 0 Å². The molecule has 0 aliphatic heterocycles. The van der Waals surface area contributed by atoms with Crippen molar-refractivity contribution in [2.75, 3.05) is 0 Å². The van der Waals surface area contributed by atoms with Gasteiger partial charge in [-0.15, -0.1) is 0 Å². The molecule has 0 aliphatic rings.